The molecule has 4 saturated carbocycles. The Morgan fingerprint density at radius 2 is 1.63 bits per heavy atom. The third kappa shape index (κ3) is 4.66. The smallest absolute Gasteiger partial charge is 0.341 e. The zero-order chi connectivity index (χ0) is 26.7. The summed E-state index contributed by atoms with van der Waals surface area (Å²) in [5.74, 6) is 1.53. The van der Waals surface area contributed by atoms with Crippen molar-refractivity contribution in [2.24, 2.45) is 17.8 Å². The molecule has 7 nitrogen and oxygen atoms in total. The van der Waals surface area contributed by atoms with Gasteiger partial charge in [0.2, 0.25) is 15.9 Å². The lowest BCUT2D eigenvalue weighted by molar-refractivity contribution is -0.114. The number of esters is 1. The van der Waals surface area contributed by atoms with Gasteiger partial charge in [0.05, 0.1) is 24.6 Å². The van der Waals surface area contributed by atoms with Crippen molar-refractivity contribution in [1.29, 1.82) is 0 Å². The van der Waals surface area contributed by atoms with Crippen LogP contribution in [0.3, 0.4) is 0 Å². The molecule has 1 aromatic heterocycles. The summed E-state index contributed by atoms with van der Waals surface area (Å²) in [4.78, 5) is 26.8. The molecule has 5 aliphatic rings. The minimum absolute atomic E-state index is 0.225. The van der Waals surface area contributed by atoms with Gasteiger partial charge in [-0.05, 0) is 111 Å². The third-order valence-electron chi connectivity index (χ3n) is 9.31. The number of hydrogen-bond acceptors (Lipinski definition) is 6. The number of benzene rings is 1. The molecule has 1 amide bonds. The van der Waals surface area contributed by atoms with Gasteiger partial charge in [-0.3, -0.25) is 9.10 Å². The second-order valence-electron chi connectivity index (χ2n) is 12.0. The number of ether oxygens (including phenoxy) is 1. The summed E-state index contributed by atoms with van der Waals surface area (Å²) in [5.41, 5.74) is 3.37. The van der Waals surface area contributed by atoms with Crippen LogP contribution in [0.15, 0.2) is 24.3 Å². The van der Waals surface area contributed by atoms with Crippen molar-refractivity contribution in [2.75, 3.05) is 29.5 Å². The fourth-order valence-electron chi connectivity index (χ4n) is 8.11. The highest BCUT2D eigenvalue weighted by Crippen LogP contribution is 2.60. The Bertz CT molecular complexity index is 1330. The van der Waals surface area contributed by atoms with Gasteiger partial charge in [-0.15, -0.1) is 11.3 Å². The normalized spacial score (nSPS) is 27.6. The SMILES string of the molecule is COC(=O)c1c(NC(=O)CN(c2ccc(C34CC5CC(CC(C5)C3)C4)cc2)S(C)(=O)=O)sc2c1CCCC2. The van der Waals surface area contributed by atoms with Gasteiger partial charge in [-0.1, -0.05) is 12.1 Å². The van der Waals surface area contributed by atoms with Crippen LogP contribution in [-0.2, 0) is 37.8 Å². The van der Waals surface area contributed by atoms with Crippen molar-refractivity contribution in [3.8, 4) is 0 Å². The number of hydrogen-bond donors (Lipinski definition) is 1. The highest BCUT2D eigenvalue weighted by atomic mass is 32.2. The molecule has 38 heavy (non-hydrogen) atoms. The number of aryl methyl sites for hydroxylation is 1. The fourth-order valence-corrected chi connectivity index (χ4v) is 10.3. The molecule has 1 heterocycles. The summed E-state index contributed by atoms with van der Waals surface area (Å²) in [5, 5.41) is 3.27. The maximum absolute atomic E-state index is 13.2. The van der Waals surface area contributed by atoms with Crippen LogP contribution in [-0.4, -0.2) is 40.2 Å². The average Bonchev–Trinajstić information content (AvgIpc) is 3.23. The number of nitrogens with one attached hydrogen (secondary N) is 1. The first-order valence-electron chi connectivity index (χ1n) is 13.8. The monoisotopic (exact) mass is 556 g/mol. The molecule has 0 saturated heterocycles. The van der Waals surface area contributed by atoms with Gasteiger partial charge in [-0.25, -0.2) is 13.2 Å². The lowest BCUT2D eigenvalue weighted by atomic mass is 9.48. The Morgan fingerprint density at radius 1 is 1.03 bits per heavy atom. The fraction of sp³-hybridized carbons (Fsp3) is 0.586. The maximum Gasteiger partial charge on any atom is 0.341 e. The molecular weight excluding hydrogens is 520 g/mol. The molecule has 0 spiro atoms. The number of carbonyl (C=O) groups excluding carboxylic acids is 2. The van der Waals surface area contributed by atoms with E-state index in [0.29, 0.717) is 16.3 Å². The van der Waals surface area contributed by atoms with E-state index in [9.17, 15) is 18.0 Å². The molecule has 0 radical (unpaired) electrons. The Labute approximate surface area is 229 Å². The van der Waals surface area contributed by atoms with E-state index >= 15 is 0 Å². The van der Waals surface area contributed by atoms with Crippen LogP contribution in [0.1, 0.15) is 77.7 Å². The number of thiophene rings is 1. The van der Waals surface area contributed by atoms with E-state index in [1.807, 2.05) is 12.1 Å². The summed E-state index contributed by atoms with van der Waals surface area (Å²) >= 11 is 1.39. The molecule has 1 aromatic carbocycles. The number of sulfonamides is 1. The van der Waals surface area contributed by atoms with E-state index in [1.54, 1.807) is 0 Å². The number of methoxy groups -OCH3 is 1. The lowest BCUT2D eigenvalue weighted by Crippen LogP contribution is -2.48. The quantitative estimate of drug-likeness (QED) is 0.468. The number of anilines is 2. The van der Waals surface area contributed by atoms with Crippen molar-refractivity contribution in [2.45, 2.75) is 69.6 Å². The topological polar surface area (TPSA) is 92.8 Å². The number of rotatable bonds is 7. The number of fused-ring (bicyclic) bond motifs is 1. The number of amides is 1. The first-order chi connectivity index (χ1) is 18.1. The molecule has 0 atom stereocenters. The highest BCUT2D eigenvalue weighted by Gasteiger charge is 2.51. The summed E-state index contributed by atoms with van der Waals surface area (Å²) in [6.45, 7) is -0.362. The van der Waals surface area contributed by atoms with Crippen LogP contribution in [0.5, 0.6) is 0 Å². The summed E-state index contributed by atoms with van der Waals surface area (Å²) in [7, 11) is -2.38. The van der Waals surface area contributed by atoms with Crippen LogP contribution in [0, 0.1) is 17.8 Å². The maximum atomic E-state index is 13.2. The molecule has 0 unspecified atom stereocenters. The predicted octanol–water partition coefficient (Wildman–Crippen LogP) is 5.29. The summed E-state index contributed by atoms with van der Waals surface area (Å²) in [6, 6.07) is 7.88. The van der Waals surface area contributed by atoms with Gasteiger partial charge >= 0.3 is 5.97 Å². The molecular formula is C29H36N2O5S2. The van der Waals surface area contributed by atoms with Crippen molar-refractivity contribution in [1.82, 2.24) is 0 Å². The Hall–Kier alpha value is -2.39. The molecule has 0 aliphatic heterocycles. The Kier molecular flexibility index (Phi) is 6.58. The van der Waals surface area contributed by atoms with Crippen molar-refractivity contribution in [3.63, 3.8) is 0 Å². The van der Waals surface area contributed by atoms with E-state index in [-0.39, 0.29) is 12.0 Å². The standard InChI is InChI=1S/C29H36N2O5S2/c1-36-28(33)26-23-5-3-4-6-24(23)37-27(26)30-25(32)17-31(38(2,34)35)22-9-7-21(8-10-22)29-14-18-11-19(15-29)13-20(12-18)16-29/h7-10,18-20H,3-6,11-17H2,1-2H3,(H,30,32). The molecule has 2 aromatic rings. The lowest BCUT2D eigenvalue weighted by Gasteiger charge is -2.57. The van der Waals surface area contributed by atoms with Gasteiger partial charge in [0.1, 0.15) is 11.5 Å². The van der Waals surface area contributed by atoms with E-state index in [1.165, 1.54) is 62.5 Å². The van der Waals surface area contributed by atoms with E-state index in [2.05, 4.69) is 17.4 Å². The minimum atomic E-state index is -3.71. The van der Waals surface area contributed by atoms with E-state index in [4.69, 9.17) is 4.74 Å². The molecule has 204 valence electrons. The third-order valence-corrected chi connectivity index (χ3v) is 11.7. The second kappa shape index (κ2) is 9.66. The first kappa shape index (κ1) is 25.9. The number of carbonyl (C=O) groups is 2. The van der Waals surface area contributed by atoms with E-state index in [0.717, 1.165) is 64.4 Å². The van der Waals surface area contributed by atoms with Crippen LogP contribution < -0.4 is 9.62 Å². The zero-order valence-corrected chi connectivity index (χ0v) is 23.8. The van der Waals surface area contributed by atoms with Crippen LogP contribution >= 0.6 is 11.3 Å². The molecule has 4 fully saturated rings. The first-order valence-corrected chi connectivity index (χ1v) is 16.4. The highest BCUT2D eigenvalue weighted by molar-refractivity contribution is 7.92. The van der Waals surface area contributed by atoms with E-state index < -0.39 is 21.9 Å². The zero-order valence-electron chi connectivity index (χ0n) is 22.1. The van der Waals surface area contributed by atoms with Gasteiger partial charge in [-0.2, -0.15) is 0 Å². The summed E-state index contributed by atoms with van der Waals surface area (Å²) < 4.78 is 31.7. The molecule has 5 aliphatic carbocycles. The summed E-state index contributed by atoms with van der Waals surface area (Å²) in [6.07, 6.45) is 12.6. The van der Waals surface area contributed by atoms with Crippen LogP contribution in [0.4, 0.5) is 10.7 Å². The Balaban J connectivity index is 1.22. The average molecular weight is 557 g/mol. The van der Waals surface area contributed by atoms with Crippen molar-refractivity contribution >= 4 is 43.9 Å². The number of nitrogens with zero attached hydrogens (tertiary/aromatic N) is 1. The van der Waals surface area contributed by atoms with Gasteiger partial charge in [0, 0.05) is 4.88 Å². The van der Waals surface area contributed by atoms with Gasteiger partial charge in [0.15, 0.2) is 0 Å². The van der Waals surface area contributed by atoms with Crippen molar-refractivity contribution in [3.05, 3.63) is 45.8 Å². The Morgan fingerprint density at radius 3 is 2.21 bits per heavy atom. The molecule has 9 heteroatoms. The van der Waals surface area contributed by atoms with Gasteiger partial charge < -0.3 is 10.1 Å². The molecule has 1 N–H and O–H groups in total. The molecule has 7 rings (SSSR count). The predicted molar refractivity (Wildman–Crippen MR) is 149 cm³/mol. The minimum Gasteiger partial charge on any atom is -0.465 e. The second-order valence-corrected chi connectivity index (χ2v) is 15.0. The van der Waals surface area contributed by atoms with Crippen LogP contribution in [0.25, 0.3) is 0 Å². The molecule has 4 bridgehead atoms. The van der Waals surface area contributed by atoms with Crippen molar-refractivity contribution < 1.29 is 22.7 Å². The largest absolute Gasteiger partial charge is 0.465 e. The van der Waals surface area contributed by atoms with Crippen LogP contribution in [0.2, 0.25) is 0 Å². The van der Waals surface area contributed by atoms with Gasteiger partial charge in [0.25, 0.3) is 0 Å².